The van der Waals surface area contributed by atoms with E-state index in [4.69, 9.17) is 0 Å². The Morgan fingerprint density at radius 2 is 2.19 bits per heavy atom. The lowest BCUT2D eigenvalue weighted by atomic mass is 10.0. The molecule has 0 aliphatic heterocycles. The SMILES string of the molecule is CNCCC#Cc1ccc(C(C)=O)c(C)c1. The fourth-order valence-electron chi connectivity index (χ4n) is 1.49. The van der Waals surface area contributed by atoms with E-state index in [1.54, 1.807) is 6.92 Å². The van der Waals surface area contributed by atoms with Crippen LogP contribution in [0.4, 0.5) is 0 Å². The third-order valence-corrected chi connectivity index (χ3v) is 2.34. The van der Waals surface area contributed by atoms with E-state index in [2.05, 4.69) is 17.2 Å². The van der Waals surface area contributed by atoms with Gasteiger partial charge in [-0.2, -0.15) is 0 Å². The van der Waals surface area contributed by atoms with Crippen molar-refractivity contribution < 1.29 is 4.79 Å². The maximum Gasteiger partial charge on any atom is 0.160 e. The van der Waals surface area contributed by atoms with Crippen LogP contribution >= 0.6 is 0 Å². The van der Waals surface area contributed by atoms with Crippen molar-refractivity contribution in [2.45, 2.75) is 20.3 Å². The lowest BCUT2D eigenvalue weighted by molar-refractivity contribution is 0.101. The van der Waals surface area contributed by atoms with E-state index in [0.29, 0.717) is 0 Å². The van der Waals surface area contributed by atoms with E-state index in [1.165, 1.54) is 0 Å². The summed E-state index contributed by atoms with van der Waals surface area (Å²) in [6.45, 7) is 4.42. The van der Waals surface area contributed by atoms with E-state index in [0.717, 1.165) is 29.7 Å². The minimum atomic E-state index is 0.104. The van der Waals surface area contributed by atoms with Gasteiger partial charge in [0.25, 0.3) is 0 Å². The predicted molar refractivity (Wildman–Crippen MR) is 66.6 cm³/mol. The molecule has 84 valence electrons. The largest absolute Gasteiger partial charge is 0.319 e. The monoisotopic (exact) mass is 215 g/mol. The number of Topliss-reactive ketones (excluding diaryl/α,β-unsaturated/α-hetero) is 1. The van der Waals surface area contributed by atoms with E-state index in [-0.39, 0.29) is 5.78 Å². The molecule has 1 rings (SSSR count). The van der Waals surface area contributed by atoms with Crippen molar-refractivity contribution in [3.8, 4) is 11.8 Å². The van der Waals surface area contributed by atoms with Crippen LogP contribution in [0.2, 0.25) is 0 Å². The maximum atomic E-state index is 11.2. The molecule has 0 radical (unpaired) electrons. The zero-order valence-electron chi connectivity index (χ0n) is 10.1. The van der Waals surface area contributed by atoms with Crippen molar-refractivity contribution in [1.29, 1.82) is 0 Å². The number of hydrogen-bond donors (Lipinski definition) is 1. The van der Waals surface area contributed by atoms with E-state index in [1.807, 2.05) is 32.2 Å². The molecule has 0 spiro atoms. The van der Waals surface area contributed by atoms with Gasteiger partial charge in [-0.1, -0.05) is 11.8 Å². The first-order chi connectivity index (χ1) is 7.65. The van der Waals surface area contributed by atoms with Gasteiger partial charge in [-0.15, -0.1) is 0 Å². The summed E-state index contributed by atoms with van der Waals surface area (Å²) in [5.74, 6) is 6.27. The molecule has 1 N–H and O–H groups in total. The number of ketones is 1. The van der Waals surface area contributed by atoms with Gasteiger partial charge in [0.1, 0.15) is 0 Å². The minimum absolute atomic E-state index is 0.104. The molecule has 0 saturated carbocycles. The summed E-state index contributed by atoms with van der Waals surface area (Å²) in [5.41, 5.74) is 2.74. The molecule has 16 heavy (non-hydrogen) atoms. The lowest BCUT2D eigenvalue weighted by Gasteiger charge is -2.01. The van der Waals surface area contributed by atoms with Crippen LogP contribution in [0.1, 0.15) is 34.8 Å². The van der Waals surface area contributed by atoms with E-state index < -0.39 is 0 Å². The number of carbonyl (C=O) groups is 1. The van der Waals surface area contributed by atoms with Gasteiger partial charge < -0.3 is 5.32 Å². The lowest BCUT2D eigenvalue weighted by Crippen LogP contribution is -2.05. The van der Waals surface area contributed by atoms with Crippen LogP contribution in [-0.2, 0) is 0 Å². The van der Waals surface area contributed by atoms with Crippen molar-refractivity contribution >= 4 is 5.78 Å². The van der Waals surface area contributed by atoms with Gasteiger partial charge in [0, 0.05) is 24.1 Å². The molecular formula is C14H17NO. The van der Waals surface area contributed by atoms with Gasteiger partial charge in [-0.3, -0.25) is 4.79 Å². The first kappa shape index (κ1) is 12.5. The van der Waals surface area contributed by atoms with Gasteiger partial charge in [0.05, 0.1) is 0 Å². The average molecular weight is 215 g/mol. The Kier molecular flexibility index (Phi) is 4.75. The second kappa shape index (κ2) is 6.09. The number of aryl methyl sites for hydroxylation is 1. The summed E-state index contributed by atoms with van der Waals surface area (Å²) in [6.07, 6.45) is 0.837. The highest BCUT2D eigenvalue weighted by Crippen LogP contribution is 2.10. The van der Waals surface area contributed by atoms with Gasteiger partial charge >= 0.3 is 0 Å². The van der Waals surface area contributed by atoms with Crippen LogP contribution < -0.4 is 5.32 Å². The summed E-state index contributed by atoms with van der Waals surface area (Å²) < 4.78 is 0. The Morgan fingerprint density at radius 1 is 1.44 bits per heavy atom. The van der Waals surface area contributed by atoms with Crippen LogP contribution in [0.3, 0.4) is 0 Å². The first-order valence-electron chi connectivity index (χ1n) is 5.40. The number of carbonyl (C=O) groups excluding carboxylic acids is 1. The molecule has 0 aliphatic carbocycles. The molecule has 0 aromatic heterocycles. The number of benzene rings is 1. The Hall–Kier alpha value is -1.59. The molecule has 0 unspecified atom stereocenters. The minimum Gasteiger partial charge on any atom is -0.319 e. The predicted octanol–water partition coefficient (Wildman–Crippen LogP) is 2.16. The molecule has 1 aromatic rings. The van der Waals surface area contributed by atoms with Crippen LogP contribution in [0.15, 0.2) is 18.2 Å². The third-order valence-electron chi connectivity index (χ3n) is 2.34. The molecular weight excluding hydrogens is 198 g/mol. The zero-order valence-corrected chi connectivity index (χ0v) is 10.1. The zero-order chi connectivity index (χ0) is 12.0. The maximum absolute atomic E-state index is 11.2. The van der Waals surface area contributed by atoms with E-state index >= 15 is 0 Å². The fraction of sp³-hybridized carbons (Fsp3) is 0.357. The average Bonchev–Trinajstić information content (AvgIpc) is 2.24. The number of rotatable bonds is 3. The van der Waals surface area contributed by atoms with Gasteiger partial charge in [0.15, 0.2) is 5.78 Å². The number of nitrogens with one attached hydrogen (secondary N) is 1. The smallest absolute Gasteiger partial charge is 0.160 e. The van der Waals surface area contributed by atoms with Crippen LogP contribution in [0.5, 0.6) is 0 Å². The first-order valence-corrected chi connectivity index (χ1v) is 5.40. The summed E-state index contributed by atoms with van der Waals surface area (Å²) in [7, 11) is 1.91. The van der Waals surface area contributed by atoms with Crippen molar-refractivity contribution in [3.05, 3.63) is 34.9 Å². The highest BCUT2D eigenvalue weighted by molar-refractivity contribution is 5.95. The topological polar surface area (TPSA) is 29.1 Å². The van der Waals surface area contributed by atoms with Gasteiger partial charge in [-0.25, -0.2) is 0 Å². The standard InChI is InChI=1S/C14H17NO/c1-11-10-13(6-4-5-9-15-3)7-8-14(11)12(2)16/h7-8,10,15H,5,9H2,1-3H3. The molecule has 0 atom stereocenters. The van der Waals surface area contributed by atoms with Crippen molar-refractivity contribution in [3.63, 3.8) is 0 Å². The van der Waals surface area contributed by atoms with E-state index in [9.17, 15) is 4.79 Å². The molecule has 0 heterocycles. The Labute approximate surface area is 97.1 Å². The molecule has 0 amide bonds. The molecule has 0 saturated heterocycles. The van der Waals surface area contributed by atoms with Gasteiger partial charge in [0.2, 0.25) is 0 Å². The molecule has 0 fully saturated rings. The summed E-state index contributed by atoms with van der Waals surface area (Å²) in [6, 6.07) is 5.71. The normalized spacial score (nSPS) is 9.44. The highest BCUT2D eigenvalue weighted by atomic mass is 16.1. The second-order valence-corrected chi connectivity index (χ2v) is 3.74. The van der Waals surface area contributed by atoms with Crippen molar-refractivity contribution in [2.75, 3.05) is 13.6 Å². The van der Waals surface area contributed by atoms with Crippen molar-refractivity contribution in [1.82, 2.24) is 5.32 Å². The summed E-state index contributed by atoms with van der Waals surface area (Å²) >= 11 is 0. The van der Waals surface area contributed by atoms with Crippen LogP contribution in [0.25, 0.3) is 0 Å². The highest BCUT2D eigenvalue weighted by Gasteiger charge is 2.02. The van der Waals surface area contributed by atoms with Crippen molar-refractivity contribution in [2.24, 2.45) is 0 Å². The Bertz CT molecular complexity index is 438. The molecule has 2 nitrogen and oxygen atoms in total. The molecule has 1 aromatic carbocycles. The second-order valence-electron chi connectivity index (χ2n) is 3.74. The van der Waals surface area contributed by atoms with Gasteiger partial charge in [-0.05, 0) is 44.7 Å². The summed E-state index contributed by atoms with van der Waals surface area (Å²) in [4.78, 5) is 11.2. The third kappa shape index (κ3) is 3.52. The summed E-state index contributed by atoms with van der Waals surface area (Å²) in [5, 5.41) is 3.04. The molecule has 2 heteroatoms. The van der Waals surface area contributed by atoms with Crippen LogP contribution in [-0.4, -0.2) is 19.4 Å². The molecule has 0 aliphatic rings. The van der Waals surface area contributed by atoms with Crippen LogP contribution in [0, 0.1) is 18.8 Å². The molecule has 0 bridgehead atoms. The fourth-order valence-corrected chi connectivity index (χ4v) is 1.49. The number of hydrogen-bond acceptors (Lipinski definition) is 2. The Morgan fingerprint density at radius 3 is 2.75 bits per heavy atom. The Balaban J connectivity index is 2.80. The quantitative estimate of drug-likeness (QED) is 0.475.